The Hall–Kier alpha value is -1.45. The molecule has 3 N–H and O–H groups in total. The molecule has 0 saturated heterocycles. The molecule has 162 valence electrons. The summed E-state index contributed by atoms with van der Waals surface area (Å²) in [5.74, 6) is 0.735. The number of carbonyl (C=O) groups excluding carboxylic acids is 1. The van der Waals surface area contributed by atoms with Gasteiger partial charge in [0.1, 0.15) is 5.60 Å². The fraction of sp³-hybridized carbons (Fsp3) is 0.700. The molecule has 1 aromatic heterocycles. The normalized spacial score (nSPS) is 12.2. The van der Waals surface area contributed by atoms with E-state index >= 15 is 0 Å². The Morgan fingerprint density at radius 3 is 2.29 bits per heavy atom. The van der Waals surface area contributed by atoms with Crippen LogP contribution in [0.4, 0.5) is 4.79 Å². The van der Waals surface area contributed by atoms with Crippen LogP contribution in [0.3, 0.4) is 0 Å². The second-order valence-electron chi connectivity index (χ2n) is 7.85. The molecule has 8 heteroatoms. The summed E-state index contributed by atoms with van der Waals surface area (Å²) in [6.07, 6.45) is 5.25. The Morgan fingerprint density at radius 1 is 1.18 bits per heavy atom. The highest BCUT2D eigenvalue weighted by molar-refractivity contribution is 14.0. The first kappa shape index (κ1) is 26.6. The van der Waals surface area contributed by atoms with Crippen molar-refractivity contribution in [1.29, 1.82) is 0 Å². The van der Waals surface area contributed by atoms with E-state index in [2.05, 4.69) is 47.1 Å². The predicted molar refractivity (Wildman–Crippen MR) is 126 cm³/mol. The van der Waals surface area contributed by atoms with E-state index in [4.69, 9.17) is 4.74 Å². The number of aliphatic imine (C=N–C) groups is 1. The number of aromatic nitrogens is 1. The SMILES string of the molecule is CCNC(=NCc1ccn(C)c1)NCC(CC)(CC)NC(=O)OC(C)(C)C.I. The average molecular weight is 507 g/mol. The summed E-state index contributed by atoms with van der Waals surface area (Å²) < 4.78 is 7.44. The summed E-state index contributed by atoms with van der Waals surface area (Å²) in [4.78, 5) is 16.9. The van der Waals surface area contributed by atoms with Gasteiger partial charge < -0.3 is 25.3 Å². The molecular formula is C20H38IN5O2. The summed E-state index contributed by atoms with van der Waals surface area (Å²) in [5.41, 5.74) is 0.237. The third kappa shape index (κ3) is 9.66. The van der Waals surface area contributed by atoms with Gasteiger partial charge in [0.05, 0.1) is 12.1 Å². The molecule has 0 bridgehead atoms. The molecule has 0 saturated carbocycles. The number of aryl methyl sites for hydroxylation is 1. The summed E-state index contributed by atoms with van der Waals surface area (Å²) in [7, 11) is 2.00. The number of nitrogens with one attached hydrogen (secondary N) is 3. The van der Waals surface area contributed by atoms with E-state index in [-0.39, 0.29) is 30.1 Å². The van der Waals surface area contributed by atoms with Crippen LogP contribution < -0.4 is 16.0 Å². The highest BCUT2D eigenvalue weighted by Gasteiger charge is 2.30. The zero-order valence-corrected chi connectivity index (χ0v) is 20.7. The summed E-state index contributed by atoms with van der Waals surface area (Å²) in [6.45, 7) is 13.7. The quantitative estimate of drug-likeness (QED) is 0.284. The second kappa shape index (κ2) is 12.2. The van der Waals surface area contributed by atoms with Crippen LogP contribution >= 0.6 is 24.0 Å². The number of carbonyl (C=O) groups is 1. The van der Waals surface area contributed by atoms with Crippen molar-refractivity contribution >= 4 is 36.0 Å². The molecule has 1 rings (SSSR count). The molecule has 0 atom stereocenters. The molecule has 0 aliphatic heterocycles. The minimum absolute atomic E-state index is 0. The van der Waals surface area contributed by atoms with Crippen molar-refractivity contribution in [2.24, 2.45) is 12.0 Å². The lowest BCUT2D eigenvalue weighted by molar-refractivity contribution is 0.0448. The van der Waals surface area contributed by atoms with Crippen LogP contribution in [0, 0.1) is 0 Å². The lowest BCUT2D eigenvalue weighted by Crippen LogP contribution is -2.57. The van der Waals surface area contributed by atoms with E-state index in [1.54, 1.807) is 0 Å². The third-order valence-corrected chi connectivity index (χ3v) is 4.37. The molecule has 1 heterocycles. The zero-order chi connectivity index (χ0) is 20.5. The van der Waals surface area contributed by atoms with E-state index in [0.717, 1.165) is 30.9 Å². The molecule has 0 radical (unpaired) electrons. The molecule has 0 unspecified atom stereocenters. The topological polar surface area (TPSA) is 79.7 Å². The van der Waals surface area contributed by atoms with Gasteiger partial charge in [0.25, 0.3) is 0 Å². The molecule has 1 amide bonds. The van der Waals surface area contributed by atoms with E-state index in [0.29, 0.717) is 13.1 Å². The molecule has 7 nitrogen and oxygen atoms in total. The number of guanidine groups is 1. The maximum atomic E-state index is 12.3. The Bertz CT molecular complexity index is 618. The number of ether oxygens (including phenoxy) is 1. The average Bonchev–Trinajstić information content (AvgIpc) is 3.00. The highest BCUT2D eigenvalue weighted by atomic mass is 127. The van der Waals surface area contributed by atoms with E-state index in [1.807, 2.05) is 45.5 Å². The van der Waals surface area contributed by atoms with Crippen molar-refractivity contribution in [3.63, 3.8) is 0 Å². The van der Waals surface area contributed by atoms with Gasteiger partial charge >= 0.3 is 6.09 Å². The van der Waals surface area contributed by atoms with Crippen molar-refractivity contribution in [2.45, 2.75) is 72.1 Å². The second-order valence-corrected chi connectivity index (χ2v) is 7.85. The molecule has 1 aromatic rings. The molecular weight excluding hydrogens is 469 g/mol. The van der Waals surface area contributed by atoms with Gasteiger partial charge in [-0.15, -0.1) is 24.0 Å². The number of halogens is 1. The van der Waals surface area contributed by atoms with E-state index < -0.39 is 11.1 Å². The van der Waals surface area contributed by atoms with Crippen LogP contribution in [-0.2, 0) is 18.3 Å². The number of nitrogens with zero attached hydrogens (tertiary/aromatic N) is 2. The van der Waals surface area contributed by atoms with Crippen molar-refractivity contribution in [2.75, 3.05) is 13.1 Å². The minimum atomic E-state index is -0.517. The van der Waals surface area contributed by atoms with Gasteiger partial charge in [-0.1, -0.05) is 13.8 Å². The van der Waals surface area contributed by atoms with Gasteiger partial charge in [-0.05, 0) is 52.2 Å². The van der Waals surface area contributed by atoms with Crippen LogP contribution in [0.15, 0.2) is 23.5 Å². The molecule has 0 aliphatic carbocycles. The van der Waals surface area contributed by atoms with E-state index in [1.165, 1.54) is 0 Å². The number of rotatable bonds is 8. The highest BCUT2D eigenvalue weighted by Crippen LogP contribution is 2.16. The summed E-state index contributed by atoms with van der Waals surface area (Å²) in [6, 6.07) is 2.06. The molecule has 0 spiro atoms. The van der Waals surface area contributed by atoms with E-state index in [9.17, 15) is 4.79 Å². The molecule has 0 fully saturated rings. The van der Waals surface area contributed by atoms with Crippen molar-refractivity contribution in [3.05, 3.63) is 24.0 Å². The monoisotopic (exact) mass is 507 g/mol. The molecule has 0 aliphatic rings. The first-order chi connectivity index (χ1) is 12.6. The number of amides is 1. The van der Waals surface area contributed by atoms with Crippen LogP contribution in [-0.4, -0.2) is 40.8 Å². The summed E-state index contributed by atoms with van der Waals surface area (Å²) >= 11 is 0. The predicted octanol–water partition coefficient (Wildman–Crippen LogP) is 3.78. The Labute approximate surface area is 187 Å². The number of hydrogen-bond acceptors (Lipinski definition) is 3. The standard InChI is InChI=1S/C20H37N5O2.HI/c1-8-20(9-2,24-18(26)27-19(4,5)6)15-23-17(21-10-3)22-13-16-11-12-25(7)14-16;/h11-12,14H,8-10,13,15H2,1-7H3,(H,24,26)(H2,21,22,23);1H. The van der Waals surface area contributed by atoms with Crippen molar-refractivity contribution < 1.29 is 9.53 Å². The Morgan fingerprint density at radius 2 is 1.82 bits per heavy atom. The van der Waals surface area contributed by atoms with Crippen LogP contribution in [0.1, 0.15) is 59.9 Å². The number of alkyl carbamates (subject to hydrolysis) is 1. The van der Waals surface area contributed by atoms with Gasteiger partial charge in [-0.2, -0.15) is 0 Å². The Balaban J connectivity index is 0.00000729. The largest absolute Gasteiger partial charge is 0.444 e. The van der Waals surface area contributed by atoms with Gasteiger partial charge in [0, 0.05) is 32.5 Å². The molecule has 0 aromatic carbocycles. The van der Waals surface area contributed by atoms with Gasteiger partial charge in [-0.3, -0.25) is 0 Å². The fourth-order valence-electron chi connectivity index (χ4n) is 2.66. The Kier molecular flexibility index (Phi) is 11.6. The molecule has 28 heavy (non-hydrogen) atoms. The lowest BCUT2D eigenvalue weighted by atomic mass is 9.93. The maximum absolute atomic E-state index is 12.3. The fourth-order valence-corrected chi connectivity index (χ4v) is 2.66. The summed E-state index contributed by atoms with van der Waals surface area (Å²) in [5, 5.41) is 9.68. The number of hydrogen-bond donors (Lipinski definition) is 3. The zero-order valence-electron chi connectivity index (χ0n) is 18.4. The van der Waals surface area contributed by atoms with Crippen molar-refractivity contribution in [1.82, 2.24) is 20.5 Å². The first-order valence-electron chi connectivity index (χ1n) is 9.77. The van der Waals surface area contributed by atoms with Crippen LogP contribution in [0.25, 0.3) is 0 Å². The third-order valence-electron chi connectivity index (χ3n) is 4.37. The van der Waals surface area contributed by atoms with Crippen LogP contribution in [0.2, 0.25) is 0 Å². The van der Waals surface area contributed by atoms with Crippen molar-refractivity contribution in [3.8, 4) is 0 Å². The minimum Gasteiger partial charge on any atom is -0.444 e. The van der Waals surface area contributed by atoms with Crippen LogP contribution in [0.5, 0.6) is 0 Å². The lowest BCUT2D eigenvalue weighted by Gasteiger charge is -2.34. The van der Waals surface area contributed by atoms with Gasteiger partial charge in [0.15, 0.2) is 5.96 Å². The maximum Gasteiger partial charge on any atom is 0.408 e. The first-order valence-corrected chi connectivity index (χ1v) is 9.77. The smallest absolute Gasteiger partial charge is 0.408 e. The van der Waals surface area contributed by atoms with Gasteiger partial charge in [0.2, 0.25) is 0 Å². The van der Waals surface area contributed by atoms with Gasteiger partial charge in [-0.25, -0.2) is 9.79 Å².